The van der Waals surface area contributed by atoms with E-state index in [4.69, 9.17) is 16.3 Å². The number of carbonyl (C=O) groups is 1. The fraction of sp³-hybridized carbons (Fsp3) is 0.0870. The number of aromatic nitrogens is 3. The molecule has 7 nitrogen and oxygen atoms in total. The number of ether oxygens (including phenoxy) is 1. The van der Waals surface area contributed by atoms with Gasteiger partial charge in [-0.15, -0.1) is 5.10 Å². The number of anilines is 1. The van der Waals surface area contributed by atoms with E-state index in [0.717, 1.165) is 4.68 Å². The lowest BCUT2D eigenvalue weighted by Gasteiger charge is -2.11. The molecule has 0 aliphatic carbocycles. The molecule has 4 rings (SSSR count). The van der Waals surface area contributed by atoms with Crippen molar-refractivity contribution in [3.05, 3.63) is 92.9 Å². The van der Waals surface area contributed by atoms with Crippen LogP contribution in [-0.4, -0.2) is 27.8 Å². The van der Waals surface area contributed by atoms with Crippen molar-refractivity contribution < 1.29 is 18.3 Å². The number of H-pyrrole nitrogens is 1. The van der Waals surface area contributed by atoms with Gasteiger partial charge in [0.2, 0.25) is 0 Å². The van der Waals surface area contributed by atoms with Crippen LogP contribution in [0.3, 0.4) is 0 Å². The van der Waals surface area contributed by atoms with Crippen LogP contribution in [0, 0.1) is 18.6 Å². The second-order valence-corrected chi connectivity index (χ2v) is 7.52. The van der Waals surface area contributed by atoms with Crippen molar-refractivity contribution >= 4 is 23.2 Å². The maximum Gasteiger partial charge on any atom is 0.348 e. The van der Waals surface area contributed by atoms with Gasteiger partial charge in [-0.25, -0.2) is 13.6 Å². The van der Waals surface area contributed by atoms with E-state index in [1.165, 1.54) is 55.6 Å². The highest BCUT2D eigenvalue weighted by Gasteiger charge is 2.19. The zero-order chi connectivity index (χ0) is 23.7. The lowest BCUT2D eigenvalue weighted by Crippen LogP contribution is -2.17. The zero-order valence-electron chi connectivity index (χ0n) is 17.4. The van der Waals surface area contributed by atoms with E-state index < -0.39 is 23.2 Å². The zero-order valence-corrected chi connectivity index (χ0v) is 18.2. The molecule has 2 N–H and O–H groups in total. The molecule has 4 aromatic rings. The first kappa shape index (κ1) is 22.2. The summed E-state index contributed by atoms with van der Waals surface area (Å²) in [5.74, 6) is -1.75. The van der Waals surface area contributed by atoms with E-state index in [1.54, 1.807) is 13.0 Å². The molecule has 1 amide bonds. The monoisotopic (exact) mass is 470 g/mol. The van der Waals surface area contributed by atoms with Crippen LogP contribution in [0.1, 0.15) is 15.9 Å². The maximum atomic E-state index is 14.2. The van der Waals surface area contributed by atoms with Crippen molar-refractivity contribution in [1.82, 2.24) is 14.8 Å². The Labute approximate surface area is 191 Å². The van der Waals surface area contributed by atoms with Crippen molar-refractivity contribution in [2.24, 2.45) is 0 Å². The molecule has 0 saturated heterocycles. The predicted molar refractivity (Wildman–Crippen MR) is 120 cm³/mol. The fourth-order valence-electron chi connectivity index (χ4n) is 3.25. The summed E-state index contributed by atoms with van der Waals surface area (Å²) in [4.78, 5) is 27.7. The molecule has 33 heavy (non-hydrogen) atoms. The maximum absolute atomic E-state index is 14.2. The molecule has 0 atom stereocenters. The molecule has 0 radical (unpaired) electrons. The Balaban J connectivity index is 1.68. The third-order valence-electron chi connectivity index (χ3n) is 4.86. The molecule has 0 saturated carbocycles. The summed E-state index contributed by atoms with van der Waals surface area (Å²) in [6, 6.07) is 12.8. The van der Waals surface area contributed by atoms with Gasteiger partial charge in [0.1, 0.15) is 17.4 Å². The van der Waals surface area contributed by atoms with Gasteiger partial charge in [-0.1, -0.05) is 23.7 Å². The Morgan fingerprint density at radius 1 is 1.12 bits per heavy atom. The first-order chi connectivity index (χ1) is 15.8. The Morgan fingerprint density at radius 2 is 1.91 bits per heavy atom. The number of halogens is 3. The van der Waals surface area contributed by atoms with Gasteiger partial charge >= 0.3 is 5.69 Å². The summed E-state index contributed by atoms with van der Waals surface area (Å²) in [5.41, 5.74) is 0.412. The van der Waals surface area contributed by atoms with Gasteiger partial charge < -0.3 is 10.1 Å². The molecule has 1 aromatic heterocycles. The number of hydrogen-bond donors (Lipinski definition) is 2. The van der Waals surface area contributed by atoms with Gasteiger partial charge in [-0.3, -0.25) is 9.78 Å². The van der Waals surface area contributed by atoms with Crippen LogP contribution in [0.25, 0.3) is 17.1 Å². The molecule has 0 aliphatic heterocycles. The quantitative estimate of drug-likeness (QED) is 0.441. The summed E-state index contributed by atoms with van der Waals surface area (Å²) in [6.07, 6.45) is 0. The Kier molecular flexibility index (Phi) is 5.97. The van der Waals surface area contributed by atoms with Crippen molar-refractivity contribution in [2.75, 3.05) is 12.4 Å². The molecule has 1 heterocycles. The van der Waals surface area contributed by atoms with E-state index in [0.29, 0.717) is 5.56 Å². The highest BCUT2D eigenvalue weighted by Crippen LogP contribution is 2.28. The fourth-order valence-corrected chi connectivity index (χ4v) is 3.50. The van der Waals surface area contributed by atoms with Crippen molar-refractivity contribution in [2.45, 2.75) is 6.92 Å². The summed E-state index contributed by atoms with van der Waals surface area (Å²) < 4.78 is 34.6. The van der Waals surface area contributed by atoms with Gasteiger partial charge in [-0.2, -0.15) is 4.68 Å². The van der Waals surface area contributed by atoms with Gasteiger partial charge in [-0.05, 0) is 48.9 Å². The molecule has 0 fully saturated rings. The molecule has 168 valence electrons. The van der Waals surface area contributed by atoms with Crippen LogP contribution in [0.5, 0.6) is 5.75 Å². The largest absolute Gasteiger partial charge is 0.496 e. The summed E-state index contributed by atoms with van der Waals surface area (Å²) in [5, 5.41) is 6.71. The Bertz CT molecular complexity index is 1410. The number of carbonyl (C=O) groups excluding carboxylic acids is 1. The third kappa shape index (κ3) is 4.35. The van der Waals surface area contributed by atoms with Crippen molar-refractivity contribution in [3.8, 4) is 22.8 Å². The summed E-state index contributed by atoms with van der Waals surface area (Å²) in [7, 11) is 1.35. The van der Waals surface area contributed by atoms with Gasteiger partial charge in [0.15, 0.2) is 5.82 Å². The average Bonchev–Trinajstić information content (AvgIpc) is 3.16. The van der Waals surface area contributed by atoms with Crippen LogP contribution >= 0.6 is 11.6 Å². The molecule has 0 unspecified atom stereocenters. The van der Waals surface area contributed by atoms with E-state index >= 15 is 0 Å². The van der Waals surface area contributed by atoms with Gasteiger partial charge in [0.05, 0.1) is 34.6 Å². The van der Waals surface area contributed by atoms with Crippen LogP contribution in [0.15, 0.2) is 59.4 Å². The van der Waals surface area contributed by atoms with E-state index in [2.05, 4.69) is 15.4 Å². The SMILES string of the molecule is COc1cc(-n2nc(-c3c(F)cccc3Cl)[nH]c2=O)ccc1C(=O)Nc1ccc(C)cc1F. The number of methoxy groups -OCH3 is 1. The van der Waals surface area contributed by atoms with Crippen LogP contribution < -0.4 is 15.7 Å². The van der Waals surface area contributed by atoms with Crippen LogP contribution in [-0.2, 0) is 0 Å². The molecule has 0 bridgehead atoms. The standard InChI is InChI=1S/C23H17ClF2N4O3/c1-12-6-9-18(17(26)10-12)27-22(31)14-8-7-13(11-19(14)33-2)30-23(32)28-21(29-30)20-15(24)4-3-5-16(20)25/h3-11H,1-2H3,(H,27,31)(H,28,29,32). The molecule has 0 aliphatic rings. The van der Waals surface area contributed by atoms with E-state index in [1.807, 2.05) is 0 Å². The van der Waals surface area contributed by atoms with E-state index in [9.17, 15) is 18.4 Å². The van der Waals surface area contributed by atoms with E-state index in [-0.39, 0.29) is 39.1 Å². The second kappa shape index (κ2) is 8.87. The minimum Gasteiger partial charge on any atom is -0.496 e. The van der Waals surface area contributed by atoms with Gasteiger partial charge in [0, 0.05) is 6.07 Å². The Morgan fingerprint density at radius 3 is 2.61 bits per heavy atom. The number of aryl methyl sites for hydroxylation is 1. The highest BCUT2D eigenvalue weighted by atomic mass is 35.5. The molecule has 0 spiro atoms. The third-order valence-corrected chi connectivity index (χ3v) is 5.18. The minimum atomic E-state index is -0.648. The number of nitrogens with zero attached hydrogens (tertiary/aromatic N) is 2. The number of benzene rings is 3. The van der Waals surface area contributed by atoms with Crippen LogP contribution in [0.2, 0.25) is 5.02 Å². The topological polar surface area (TPSA) is 89.0 Å². The second-order valence-electron chi connectivity index (χ2n) is 7.11. The number of nitrogens with one attached hydrogen (secondary N) is 2. The first-order valence-corrected chi connectivity index (χ1v) is 10.1. The predicted octanol–water partition coefficient (Wildman–Crippen LogP) is 4.73. The van der Waals surface area contributed by atoms with Gasteiger partial charge in [0.25, 0.3) is 5.91 Å². The first-order valence-electron chi connectivity index (χ1n) is 9.68. The highest BCUT2D eigenvalue weighted by molar-refractivity contribution is 6.33. The normalized spacial score (nSPS) is 10.8. The van der Waals surface area contributed by atoms with Crippen LogP contribution in [0.4, 0.5) is 14.5 Å². The smallest absolute Gasteiger partial charge is 0.348 e. The lowest BCUT2D eigenvalue weighted by atomic mass is 10.1. The Hall–Kier alpha value is -3.98. The molecule has 10 heteroatoms. The molecule has 3 aromatic carbocycles. The summed E-state index contributed by atoms with van der Waals surface area (Å²) >= 11 is 6.06. The van der Waals surface area contributed by atoms with Crippen molar-refractivity contribution in [1.29, 1.82) is 0 Å². The minimum absolute atomic E-state index is 0.0201. The number of hydrogen-bond acceptors (Lipinski definition) is 4. The number of rotatable bonds is 5. The molecular formula is C23H17ClF2N4O3. The number of amides is 1. The molecular weight excluding hydrogens is 454 g/mol. The summed E-state index contributed by atoms with van der Waals surface area (Å²) in [6.45, 7) is 1.74. The number of aromatic amines is 1. The van der Waals surface area contributed by atoms with Crippen molar-refractivity contribution in [3.63, 3.8) is 0 Å². The average molecular weight is 471 g/mol. The lowest BCUT2D eigenvalue weighted by molar-refractivity contribution is 0.102.